The Morgan fingerprint density at radius 2 is 2.05 bits per heavy atom. The number of benzene rings is 1. The van der Waals surface area contributed by atoms with E-state index >= 15 is 0 Å². The number of nitrogens with zero attached hydrogens (tertiary/aromatic N) is 3. The van der Waals surface area contributed by atoms with Crippen molar-refractivity contribution in [2.45, 2.75) is 6.42 Å². The predicted molar refractivity (Wildman–Crippen MR) is 77.8 cm³/mol. The Morgan fingerprint density at radius 3 is 2.67 bits per heavy atom. The Bertz CT molecular complexity index is 736. The summed E-state index contributed by atoms with van der Waals surface area (Å²) in [7, 11) is 0. The number of amides is 1. The molecule has 0 aliphatic carbocycles. The fourth-order valence-electron chi connectivity index (χ4n) is 1.77. The summed E-state index contributed by atoms with van der Waals surface area (Å²) in [6.07, 6.45) is 0.579. The van der Waals surface area contributed by atoms with Gasteiger partial charge in [-0.15, -0.1) is 10.2 Å². The number of carbonyl (C=O) groups is 1. The van der Waals surface area contributed by atoms with Crippen LogP contribution in [0, 0.1) is 0 Å². The molecule has 8 heteroatoms. The van der Waals surface area contributed by atoms with Crippen molar-refractivity contribution in [2.24, 2.45) is 0 Å². The van der Waals surface area contributed by atoms with Crippen molar-refractivity contribution in [3.63, 3.8) is 0 Å². The van der Waals surface area contributed by atoms with E-state index in [1.54, 1.807) is 12.1 Å². The molecule has 21 heavy (non-hydrogen) atoms. The molecule has 106 valence electrons. The Hall–Kier alpha value is -2.48. The second-order valence-corrected chi connectivity index (χ2v) is 5.04. The number of nitrogens with one attached hydrogen (secondary N) is 2. The minimum atomic E-state index is -0.299. The number of halogens is 1. The summed E-state index contributed by atoms with van der Waals surface area (Å²) < 4.78 is 5.71. The molecule has 1 amide bonds. The van der Waals surface area contributed by atoms with E-state index in [1.807, 2.05) is 24.3 Å². The number of aromatic amines is 1. The van der Waals surface area contributed by atoms with Gasteiger partial charge in [0.05, 0.1) is 0 Å². The zero-order valence-electron chi connectivity index (χ0n) is 10.7. The molecule has 0 unspecified atom stereocenters. The Kier molecular flexibility index (Phi) is 3.78. The molecule has 0 spiro atoms. The molecule has 0 aliphatic heterocycles. The minimum absolute atomic E-state index is 0.248. The quantitative estimate of drug-likeness (QED) is 0.755. The first kappa shape index (κ1) is 13.5. The van der Waals surface area contributed by atoms with Crippen LogP contribution < -0.4 is 5.32 Å². The van der Waals surface area contributed by atoms with Crippen LogP contribution in [0.4, 0.5) is 5.69 Å². The Balaban J connectivity index is 1.65. The number of furan rings is 1. The lowest BCUT2D eigenvalue weighted by Gasteiger charge is -2.04. The number of aromatic nitrogens is 4. The number of H-pyrrole nitrogens is 1. The Labute approximate surface area is 127 Å². The van der Waals surface area contributed by atoms with Crippen molar-refractivity contribution in [1.82, 2.24) is 20.6 Å². The molecule has 0 saturated carbocycles. The first-order chi connectivity index (χ1) is 10.2. The van der Waals surface area contributed by atoms with Gasteiger partial charge in [0.1, 0.15) is 0 Å². The third-order valence-corrected chi connectivity index (χ3v) is 3.19. The van der Waals surface area contributed by atoms with Crippen LogP contribution in [-0.4, -0.2) is 26.5 Å². The smallest absolute Gasteiger partial charge is 0.291 e. The summed E-state index contributed by atoms with van der Waals surface area (Å²) in [6, 6.07) is 10.7. The number of rotatable bonds is 4. The van der Waals surface area contributed by atoms with Gasteiger partial charge in [-0.3, -0.25) is 4.79 Å². The molecule has 0 fully saturated rings. The average molecular weight is 348 g/mol. The number of anilines is 1. The van der Waals surface area contributed by atoms with Gasteiger partial charge in [0.25, 0.3) is 5.91 Å². The lowest BCUT2D eigenvalue weighted by Crippen LogP contribution is -2.10. The van der Waals surface area contributed by atoms with E-state index in [4.69, 9.17) is 4.42 Å². The summed E-state index contributed by atoms with van der Waals surface area (Å²) in [4.78, 5) is 11.9. The van der Waals surface area contributed by atoms with Crippen LogP contribution in [0.1, 0.15) is 21.9 Å². The van der Waals surface area contributed by atoms with Crippen molar-refractivity contribution in [3.8, 4) is 0 Å². The second kappa shape index (κ2) is 5.88. The summed E-state index contributed by atoms with van der Waals surface area (Å²) in [6.45, 7) is 0. The van der Waals surface area contributed by atoms with E-state index in [2.05, 4.69) is 41.9 Å². The number of hydrogen-bond donors (Lipinski definition) is 2. The highest BCUT2D eigenvalue weighted by Gasteiger charge is 2.10. The topological polar surface area (TPSA) is 96.7 Å². The van der Waals surface area contributed by atoms with Crippen LogP contribution in [0.15, 0.2) is 45.5 Å². The standard InChI is InChI=1S/C13H10BrN5O2/c14-11-6-5-10(21-11)13(20)15-9-3-1-8(2-4-9)7-12-16-18-19-17-12/h1-6H,7H2,(H,15,20)(H,16,17,18,19). The van der Waals surface area contributed by atoms with Gasteiger partial charge in [-0.25, -0.2) is 0 Å². The van der Waals surface area contributed by atoms with Gasteiger partial charge in [-0.05, 0) is 45.8 Å². The van der Waals surface area contributed by atoms with E-state index < -0.39 is 0 Å². The zero-order chi connectivity index (χ0) is 14.7. The molecule has 7 nitrogen and oxygen atoms in total. The van der Waals surface area contributed by atoms with Gasteiger partial charge in [0.2, 0.25) is 0 Å². The molecule has 1 aromatic carbocycles. The number of tetrazole rings is 1. The van der Waals surface area contributed by atoms with E-state index in [1.165, 1.54) is 0 Å². The van der Waals surface area contributed by atoms with E-state index in [9.17, 15) is 4.79 Å². The molecule has 3 aromatic rings. The maximum Gasteiger partial charge on any atom is 0.291 e. The van der Waals surface area contributed by atoms with E-state index in [-0.39, 0.29) is 11.7 Å². The van der Waals surface area contributed by atoms with Crippen molar-refractivity contribution in [3.05, 3.63) is 58.2 Å². The molecule has 2 aromatic heterocycles. The fraction of sp³-hybridized carbons (Fsp3) is 0.0769. The van der Waals surface area contributed by atoms with Gasteiger partial charge < -0.3 is 9.73 Å². The zero-order valence-corrected chi connectivity index (χ0v) is 12.3. The second-order valence-electron chi connectivity index (χ2n) is 4.26. The highest BCUT2D eigenvalue weighted by molar-refractivity contribution is 9.10. The van der Waals surface area contributed by atoms with Gasteiger partial charge in [0.15, 0.2) is 16.3 Å². The highest BCUT2D eigenvalue weighted by atomic mass is 79.9. The summed E-state index contributed by atoms with van der Waals surface area (Å²) in [5.41, 5.74) is 1.71. The van der Waals surface area contributed by atoms with Crippen molar-refractivity contribution in [2.75, 3.05) is 5.32 Å². The normalized spacial score (nSPS) is 10.5. The van der Waals surface area contributed by atoms with Crippen molar-refractivity contribution < 1.29 is 9.21 Å². The lowest BCUT2D eigenvalue weighted by atomic mass is 10.1. The van der Waals surface area contributed by atoms with E-state index in [0.29, 0.717) is 22.6 Å². The molecule has 3 rings (SSSR count). The van der Waals surface area contributed by atoms with Crippen LogP contribution in [0.5, 0.6) is 0 Å². The summed E-state index contributed by atoms with van der Waals surface area (Å²) in [5.74, 6) is 0.566. The summed E-state index contributed by atoms with van der Waals surface area (Å²) >= 11 is 3.16. The maximum atomic E-state index is 11.9. The molecular weight excluding hydrogens is 338 g/mol. The molecule has 0 atom stereocenters. The molecule has 2 heterocycles. The van der Waals surface area contributed by atoms with Crippen LogP contribution in [-0.2, 0) is 6.42 Å². The highest BCUT2D eigenvalue weighted by Crippen LogP contribution is 2.17. The van der Waals surface area contributed by atoms with Crippen molar-refractivity contribution >= 4 is 27.5 Å². The molecule has 0 saturated heterocycles. The molecular formula is C13H10BrN5O2. The lowest BCUT2D eigenvalue weighted by molar-refractivity contribution is 0.0995. The molecule has 0 aliphatic rings. The van der Waals surface area contributed by atoms with Gasteiger partial charge in [-0.2, -0.15) is 5.21 Å². The molecule has 2 N–H and O–H groups in total. The predicted octanol–water partition coefficient (Wildman–Crippen LogP) is 2.40. The van der Waals surface area contributed by atoms with Crippen LogP contribution >= 0.6 is 15.9 Å². The van der Waals surface area contributed by atoms with Crippen LogP contribution in [0.25, 0.3) is 0 Å². The van der Waals surface area contributed by atoms with Gasteiger partial charge in [0, 0.05) is 12.1 Å². The maximum absolute atomic E-state index is 11.9. The SMILES string of the molecule is O=C(Nc1ccc(Cc2nn[nH]n2)cc1)c1ccc(Br)o1. The molecule has 0 radical (unpaired) electrons. The van der Waals surface area contributed by atoms with Crippen molar-refractivity contribution in [1.29, 1.82) is 0 Å². The first-order valence-corrected chi connectivity index (χ1v) is 6.88. The van der Waals surface area contributed by atoms with Gasteiger partial charge in [-0.1, -0.05) is 17.3 Å². The van der Waals surface area contributed by atoms with Gasteiger partial charge >= 0.3 is 0 Å². The third-order valence-electron chi connectivity index (χ3n) is 2.76. The fourth-order valence-corrected chi connectivity index (χ4v) is 2.08. The first-order valence-electron chi connectivity index (χ1n) is 6.08. The van der Waals surface area contributed by atoms with E-state index in [0.717, 1.165) is 5.56 Å². The number of carbonyl (C=O) groups excluding carboxylic acids is 1. The minimum Gasteiger partial charge on any atom is -0.444 e. The third kappa shape index (κ3) is 3.34. The summed E-state index contributed by atoms with van der Waals surface area (Å²) in [5, 5.41) is 16.4. The molecule has 0 bridgehead atoms. The van der Waals surface area contributed by atoms with Crippen LogP contribution in [0.2, 0.25) is 0 Å². The Morgan fingerprint density at radius 1 is 1.24 bits per heavy atom. The van der Waals surface area contributed by atoms with Crippen LogP contribution in [0.3, 0.4) is 0 Å². The number of hydrogen-bond acceptors (Lipinski definition) is 5. The monoisotopic (exact) mass is 347 g/mol. The average Bonchev–Trinajstić information content (AvgIpc) is 3.12. The largest absolute Gasteiger partial charge is 0.444 e.